The largest absolute Gasteiger partial charge is 0.490 e. The van der Waals surface area contributed by atoms with Gasteiger partial charge in [-0.15, -0.1) is 0 Å². The van der Waals surface area contributed by atoms with Gasteiger partial charge in [0.15, 0.2) is 0 Å². The summed E-state index contributed by atoms with van der Waals surface area (Å²) >= 11 is 3.37. The fourth-order valence-corrected chi connectivity index (χ4v) is 2.45. The lowest BCUT2D eigenvalue weighted by Crippen LogP contribution is -2.13. The number of ether oxygens (including phenoxy) is 3. The second-order valence-corrected chi connectivity index (χ2v) is 6.00. The molecule has 7 heteroatoms. The third-order valence-corrected chi connectivity index (χ3v) is 3.71. The highest BCUT2D eigenvalue weighted by Gasteiger charge is 2.15. The van der Waals surface area contributed by atoms with E-state index in [2.05, 4.69) is 25.9 Å². The Balaban J connectivity index is 1.56. The number of halogens is 1. The van der Waals surface area contributed by atoms with Crippen molar-refractivity contribution in [2.45, 2.75) is 0 Å². The van der Waals surface area contributed by atoms with Crippen LogP contribution in [0.4, 0.5) is 0 Å². The maximum atomic E-state index is 12.3. The third kappa shape index (κ3) is 5.03. The smallest absolute Gasteiger partial charge is 0.343 e. The molecule has 0 atom stereocenters. The molecule has 132 valence electrons. The van der Waals surface area contributed by atoms with E-state index in [1.807, 2.05) is 24.3 Å². The molecule has 0 aliphatic carbocycles. The van der Waals surface area contributed by atoms with Gasteiger partial charge in [-0.25, -0.2) is 9.78 Å². The van der Waals surface area contributed by atoms with Crippen molar-refractivity contribution in [1.29, 1.82) is 0 Å². The predicted octanol–water partition coefficient (Wildman–Crippen LogP) is 4.27. The van der Waals surface area contributed by atoms with Crippen LogP contribution in [0.5, 0.6) is 17.4 Å². The van der Waals surface area contributed by atoms with Gasteiger partial charge in [0.05, 0.1) is 6.20 Å². The molecule has 0 saturated heterocycles. The zero-order chi connectivity index (χ0) is 18.2. The number of pyridine rings is 2. The fourth-order valence-electron chi connectivity index (χ4n) is 2.08. The average Bonchev–Trinajstić information content (AvgIpc) is 2.66. The molecule has 0 fully saturated rings. The van der Waals surface area contributed by atoms with Crippen molar-refractivity contribution in [2.24, 2.45) is 0 Å². The molecule has 2 heterocycles. The number of hydrogen-bond acceptors (Lipinski definition) is 6. The zero-order valence-corrected chi connectivity index (χ0v) is 15.3. The second-order valence-electron chi connectivity index (χ2n) is 5.09. The molecule has 2 aromatic heterocycles. The van der Waals surface area contributed by atoms with Gasteiger partial charge < -0.3 is 14.2 Å². The zero-order valence-electron chi connectivity index (χ0n) is 13.7. The monoisotopic (exact) mass is 414 g/mol. The lowest BCUT2D eigenvalue weighted by Gasteiger charge is -2.10. The predicted molar refractivity (Wildman–Crippen MR) is 98.5 cm³/mol. The summed E-state index contributed by atoms with van der Waals surface area (Å²) in [6.45, 7) is 0.341. The Kier molecular flexibility index (Phi) is 6.16. The van der Waals surface area contributed by atoms with Crippen LogP contribution in [0.25, 0.3) is 0 Å². The Morgan fingerprint density at radius 2 is 1.85 bits per heavy atom. The summed E-state index contributed by atoms with van der Waals surface area (Å²) in [6.07, 6.45) is 4.71. The van der Waals surface area contributed by atoms with Crippen LogP contribution >= 0.6 is 15.9 Å². The Labute approximate surface area is 158 Å². The number of hydrogen-bond donors (Lipinski definition) is 0. The van der Waals surface area contributed by atoms with E-state index in [9.17, 15) is 4.79 Å². The van der Waals surface area contributed by atoms with E-state index in [1.54, 1.807) is 36.7 Å². The number of carbonyl (C=O) groups is 1. The van der Waals surface area contributed by atoms with E-state index in [0.29, 0.717) is 11.5 Å². The molecule has 0 unspecified atom stereocenters. The topological polar surface area (TPSA) is 70.5 Å². The quantitative estimate of drug-likeness (QED) is 0.424. The van der Waals surface area contributed by atoms with Gasteiger partial charge in [-0.05, 0) is 42.5 Å². The maximum absolute atomic E-state index is 12.3. The molecule has 26 heavy (non-hydrogen) atoms. The van der Waals surface area contributed by atoms with Crippen LogP contribution in [0.1, 0.15) is 10.4 Å². The highest BCUT2D eigenvalue weighted by atomic mass is 79.9. The van der Waals surface area contributed by atoms with Crippen molar-refractivity contribution >= 4 is 21.9 Å². The number of nitrogens with zero attached hydrogens (tertiary/aromatic N) is 2. The summed E-state index contributed by atoms with van der Waals surface area (Å²) in [5.74, 6) is 0.809. The van der Waals surface area contributed by atoms with Crippen LogP contribution in [-0.4, -0.2) is 29.2 Å². The lowest BCUT2D eigenvalue weighted by molar-refractivity contribution is 0.0447. The average molecular weight is 415 g/mol. The normalized spacial score (nSPS) is 10.2. The maximum Gasteiger partial charge on any atom is 0.343 e. The minimum atomic E-state index is -0.533. The van der Waals surface area contributed by atoms with Crippen molar-refractivity contribution in [2.75, 3.05) is 13.2 Å². The standard InChI is InChI=1S/C19H15BrN2O4/c20-14-4-1-5-15(12-14)24-10-11-25-19(23)17-7-3-9-22-18(17)26-16-6-2-8-21-13-16/h1-9,12-13H,10-11H2. The van der Waals surface area contributed by atoms with Crippen LogP contribution in [0.2, 0.25) is 0 Å². The molecule has 3 aromatic rings. The number of aromatic nitrogens is 2. The van der Waals surface area contributed by atoms with E-state index in [4.69, 9.17) is 14.2 Å². The van der Waals surface area contributed by atoms with Crippen molar-refractivity contribution < 1.29 is 19.0 Å². The highest BCUT2D eigenvalue weighted by molar-refractivity contribution is 9.10. The summed E-state index contributed by atoms with van der Waals surface area (Å²) in [4.78, 5) is 20.4. The Hall–Kier alpha value is -2.93. The van der Waals surface area contributed by atoms with Gasteiger partial charge in [-0.3, -0.25) is 4.98 Å². The van der Waals surface area contributed by atoms with Gasteiger partial charge in [0.1, 0.15) is 30.3 Å². The molecule has 0 aliphatic rings. The van der Waals surface area contributed by atoms with Crippen molar-refractivity contribution in [3.8, 4) is 17.4 Å². The van der Waals surface area contributed by atoms with Crippen molar-refractivity contribution in [3.63, 3.8) is 0 Å². The molecule has 1 aromatic carbocycles. The van der Waals surface area contributed by atoms with E-state index in [0.717, 1.165) is 4.47 Å². The first kappa shape index (κ1) is 17.9. The molecule has 0 radical (unpaired) electrons. The summed E-state index contributed by atoms with van der Waals surface area (Å²) in [7, 11) is 0. The molecule has 3 rings (SSSR count). The van der Waals surface area contributed by atoms with Crippen LogP contribution in [-0.2, 0) is 4.74 Å². The molecule has 0 amide bonds. The molecule has 0 bridgehead atoms. The van der Waals surface area contributed by atoms with E-state index >= 15 is 0 Å². The van der Waals surface area contributed by atoms with Gasteiger partial charge in [-0.2, -0.15) is 0 Å². The Morgan fingerprint density at radius 3 is 2.65 bits per heavy atom. The van der Waals surface area contributed by atoms with E-state index in [-0.39, 0.29) is 24.7 Å². The number of carbonyl (C=O) groups excluding carboxylic acids is 1. The second kappa shape index (κ2) is 8.96. The number of benzene rings is 1. The van der Waals surface area contributed by atoms with Crippen molar-refractivity contribution in [3.05, 3.63) is 77.2 Å². The molecular formula is C19H15BrN2O4. The van der Waals surface area contributed by atoms with Crippen molar-refractivity contribution in [1.82, 2.24) is 9.97 Å². The van der Waals surface area contributed by atoms with E-state index < -0.39 is 5.97 Å². The van der Waals surface area contributed by atoms with Crippen LogP contribution in [0, 0.1) is 0 Å². The first-order chi connectivity index (χ1) is 12.7. The minimum Gasteiger partial charge on any atom is -0.490 e. The third-order valence-electron chi connectivity index (χ3n) is 3.22. The van der Waals surface area contributed by atoms with Gasteiger partial charge in [0.25, 0.3) is 0 Å². The summed E-state index contributed by atoms with van der Waals surface area (Å²) in [5, 5.41) is 0. The summed E-state index contributed by atoms with van der Waals surface area (Å²) < 4.78 is 17.3. The highest BCUT2D eigenvalue weighted by Crippen LogP contribution is 2.22. The van der Waals surface area contributed by atoms with Gasteiger partial charge >= 0.3 is 5.97 Å². The summed E-state index contributed by atoms with van der Waals surface area (Å²) in [6, 6.07) is 14.1. The lowest BCUT2D eigenvalue weighted by atomic mass is 10.3. The van der Waals surface area contributed by atoms with E-state index in [1.165, 1.54) is 6.20 Å². The van der Waals surface area contributed by atoms with Gasteiger partial charge in [-0.1, -0.05) is 22.0 Å². The van der Waals surface area contributed by atoms with Crippen LogP contribution in [0.15, 0.2) is 71.6 Å². The molecule has 0 N–H and O–H groups in total. The SMILES string of the molecule is O=C(OCCOc1cccc(Br)c1)c1cccnc1Oc1cccnc1. The first-order valence-electron chi connectivity index (χ1n) is 7.81. The number of rotatable bonds is 7. The molecule has 0 spiro atoms. The molecule has 0 aliphatic heterocycles. The minimum absolute atomic E-state index is 0.104. The molecule has 0 saturated carbocycles. The summed E-state index contributed by atoms with van der Waals surface area (Å²) in [5.41, 5.74) is 0.235. The van der Waals surface area contributed by atoms with Crippen LogP contribution in [0.3, 0.4) is 0 Å². The molecular weight excluding hydrogens is 400 g/mol. The molecule has 6 nitrogen and oxygen atoms in total. The van der Waals surface area contributed by atoms with Gasteiger partial charge in [0.2, 0.25) is 5.88 Å². The fraction of sp³-hybridized carbons (Fsp3) is 0.105. The first-order valence-corrected chi connectivity index (χ1v) is 8.60. The Morgan fingerprint density at radius 1 is 1.00 bits per heavy atom. The Bertz CT molecular complexity index is 874. The van der Waals surface area contributed by atoms with Crippen LogP contribution < -0.4 is 9.47 Å². The number of esters is 1. The van der Waals surface area contributed by atoms with Gasteiger partial charge in [0, 0.05) is 16.9 Å².